The summed E-state index contributed by atoms with van der Waals surface area (Å²) in [5.74, 6) is 0. The SMILES string of the molecule is CC(C)N=C/C(CN1CCN(C(=O)OC(C(F)(F)F)C(F)(F)F)CC1)=C(\N)c1ccccc1Cl. The van der Waals surface area contributed by atoms with Crippen LogP contribution < -0.4 is 5.73 Å². The van der Waals surface area contributed by atoms with Crippen molar-refractivity contribution in [3.8, 4) is 0 Å². The van der Waals surface area contributed by atoms with Gasteiger partial charge in [-0.25, -0.2) is 4.79 Å². The highest BCUT2D eigenvalue weighted by Gasteiger charge is 2.60. The van der Waals surface area contributed by atoms with Crippen LogP contribution in [-0.4, -0.2) is 79.3 Å². The number of aliphatic imine (C=N–C) groups is 1. The molecule has 13 heteroatoms. The highest BCUT2D eigenvalue weighted by Crippen LogP contribution is 2.36. The largest absolute Gasteiger partial charge is 0.434 e. The number of amides is 1. The Hall–Kier alpha value is -2.47. The minimum absolute atomic E-state index is 0.0177. The first kappa shape index (κ1) is 27.8. The van der Waals surface area contributed by atoms with E-state index in [-0.39, 0.29) is 38.8 Å². The zero-order valence-electron chi connectivity index (χ0n) is 18.5. The number of ether oxygens (including phenoxy) is 1. The van der Waals surface area contributed by atoms with Crippen molar-refractivity contribution >= 4 is 29.6 Å². The number of hydrogen-bond donors (Lipinski definition) is 1. The van der Waals surface area contributed by atoms with Gasteiger partial charge in [0.1, 0.15) is 0 Å². The number of rotatable bonds is 6. The summed E-state index contributed by atoms with van der Waals surface area (Å²) < 4.78 is 79.7. The average Bonchev–Trinajstić information content (AvgIpc) is 2.73. The zero-order valence-corrected chi connectivity index (χ0v) is 19.2. The monoisotopic (exact) mass is 514 g/mol. The van der Waals surface area contributed by atoms with E-state index in [0.717, 1.165) is 4.90 Å². The van der Waals surface area contributed by atoms with Crippen LogP contribution in [0.1, 0.15) is 19.4 Å². The van der Waals surface area contributed by atoms with Gasteiger partial charge in [0.15, 0.2) is 0 Å². The van der Waals surface area contributed by atoms with Gasteiger partial charge in [0.25, 0.3) is 6.10 Å². The zero-order chi connectivity index (χ0) is 25.7. The first-order valence-electron chi connectivity index (χ1n) is 10.3. The lowest BCUT2D eigenvalue weighted by atomic mass is 10.1. The minimum atomic E-state index is -5.76. The Labute approximate surface area is 198 Å². The topological polar surface area (TPSA) is 71.2 Å². The smallest absolute Gasteiger partial charge is 0.426 e. The number of carbonyl (C=O) groups is 1. The number of alkyl halides is 6. The Bertz CT molecular complexity index is 895. The maximum absolute atomic E-state index is 12.7. The molecule has 0 radical (unpaired) electrons. The fourth-order valence-electron chi connectivity index (χ4n) is 3.11. The van der Waals surface area contributed by atoms with E-state index in [4.69, 9.17) is 17.3 Å². The van der Waals surface area contributed by atoms with Crippen LogP contribution >= 0.6 is 11.6 Å². The van der Waals surface area contributed by atoms with Crippen molar-refractivity contribution in [1.82, 2.24) is 9.80 Å². The van der Waals surface area contributed by atoms with Crippen LogP contribution in [0.3, 0.4) is 0 Å². The molecule has 2 N–H and O–H groups in total. The average molecular weight is 515 g/mol. The predicted molar refractivity (Wildman–Crippen MR) is 117 cm³/mol. The van der Waals surface area contributed by atoms with Crippen molar-refractivity contribution in [3.63, 3.8) is 0 Å². The van der Waals surface area contributed by atoms with Gasteiger partial charge in [0, 0.05) is 66.8 Å². The Morgan fingerprint density at radius 3 is 2.18 bits per heavy atom. The van der Waals surface area contributed by atoms with Crippen LogP contribution in [0.25, 0.3) is 5.70 Å². The van der Waals surface area contributed by atoms with Gasteiger partial charge in [-0.1, -0.05) is 29.8 Å². The molecule has 1 aromatic rings. The highest BCUT2D eigenvalue weighted by atomic mass is 35.5. The molecule has 0 saturated carbocycles. The van der Waals surface area contributed by atoms with E-state index in [9.17, 15) is 31.1 Å². The van der Waals surface area contributed by atoms with Gasteiger partial charge >= 0.3 is 18.4 Å². The second-order valence-corrected chi connectivity index (χ2v) is 8.31. The predicted octanol–water partition coefficient (Wildman–Crippen LogP) is 4.74. The van der Waals surface area contributed by atoms with Gasteiger partial charge in [-0.2, -0.15) is 26.3 Å². The van der Waals surface area contributed by atoms with E-state index >= 15 is 0 Å². The maximum atomic E-state index is 12.7. The molecule has 190 valence electrons. The van der Waals surface area contributed by atoms with Crippen molar-refractivity contribution in [3.05, 3.63) is 40.4 Å². The molecule has 0 unspecified atom stereocenters. The first-order valence-corrected chi connectivity index (χ1v) is 10.7. The van der Waals surface area contributed by atoms with Crippen LogP contribution in [0.5, 0.6) is 0 Å². The molecule has 2 rings (SSSR count). The van der Waals surface area contributed by atoms with E-state index in [1.807, 2.05) is 18.7 Å². The molecular weight excluding hydrogens is 490 g/mol. The van der Waals surface area contributed by atoms with Crippen LogP contribution in [0.4, 0.5) is 31.1 Å². The normalized spacial score (nSPS) is 17.0. The van der Waals surface area contributed by atoms with Gasteiger partial charge in [-0.05, 0) is 19.9 Å². The lowest BCUT2D eigenvalue weighted by molar-refractivity contribution is -0.308. The Morgan fingerprint density at radius 2 is 1.68 bits per heavy atom. The molecule has 34 heavy (non-hydrogen) atoms. The third-order valence-corrected chi connectivity index (χ3v) is 5.21. The molecule has 1 heterocycles. The summed E-state index contributed by atoms with van der Waals surface area (Å²) in [6.45, 7) is 4.13. The molecule has 1 aromatic carbocycles. The van der Waals surface area contributed by atoms with Crippen LogP contribution in [0.15, 0.2) is 34.8 Å². The molecule has 1 aliphatic heterocycles. The number of nitrogens with two attached hydrogens (primary N) is 1. The lowest BCUT2D eigenvalue weighted by Crippen LogP contribution is -2.53. The summed E-state index contributed by atoms with van der Waals surface area (Å²) in [6, 6.07) is 6.93. The molecular formula is C21H25ClF6N4O2. The van der Waals surface area contributed by atoms with E-state index in [0.29, 0.717) is 21.9 Å². The van der Waals surface area contributed by atoms with Crippen LogP contribution in [0.2, 0.25) is 5.02 Å². The summed E-state index contributed by atoms with van der Waals surface area (Å²) in [6.07, 6.45) is -15.8. The molecule has 1 aliphatic rings. The van der Waals surface area contributed by atoms with Crippen molar-refractivity contribution in [2.75, 3.05) is 32.7 Å². The molecule has 0 atom stereocenters. The molecule has 0 aromatic heterocycles. The quantitative estimate of drug-likeness (QED) is 0.440. The molecule has 0 bridgehead atoms. The van der Waals surface area contributed by atoms with E-state index in [1.54, 1.807) is 30.5 Å². The third-order valence-electron chi connectivity index (χ3n) is 4.88. The fourth-order valence-corrected chi connectivity index (χ4v) is 3.35. The lowest BCUT2D eigenvalue weighted by Gasteiger charge is -2.35. The maximum Gasteiger partial charge on any atom is 0.434 e. The molecule has 0 spiro atoms. The number of benzene rings is 1. The standard InChI is InChI=1S/C21H25ClF6N4O2/c1-13(2)30-11-14(17(29)15-5-3-4-6-16(15)22)12-31-7-9-32(10-8-31)19(33)34-18(20(23,24)25)21(26,27)28/h3-6,11,13,18H,7-10,12,29H2,1-2H3/b17-14+,30-11?. The van der Waals surface area contributed by atoms with Gasteiger partial charge in [0.2, 0.25) is 0 Å². The fraction of sp³-hybridized carbons (Fsp3) is 0.524. The molecule has 6 nitrogen and oxygen atoms in total. The van der Waals surface area contributed by atoms with E-state index < -0.39 is 24.5 Å². The van der Waals surface area contributed by atoms with Crippen molar-refractivity contribution in [2.45, 2.75) is 38.3 Å². The molecule has 1 fully saturated rings. The molecule has 1 saturated heterocycles. The number of piperazine rings is 1. The van der Waals surface area contributed by atoms with Crippen LogP contribution in [0, 0.1) is 0 Å². The Balaban J connectivity index is 2.10. The molecule has 1 amide bonds. The van der Waals surface area contributed by atoms with Gasteiger partial charge in [-0.3, -0.25) is 9.89 Å². The Morgan fingerprint density at radius 1 is 1.12 bits per heavy atom. The van der Waals surface area contributed by atoms with Gasteiger partial charge in [-0.15, -0.1) is 0 Å². The highest BCUT2D eigenvalue weighted by molar-refractivity contribution is 6.32. The second-order valence-electron chi connectivity index (χ2n) is 7.90. The Kier molecular flexibility index (Phi) is 9.23. The van der Waals surface area contributed by atoms with Crippen molar-refractivity contribution < 1.29 is 35.9 Å². The minimum Gasteiger partial charge on any atom is -0.426 e. The number of halogens is 7. The second kappa shape index (κ2) is 11.3. The van der Waals surface area contributed by atoms with Gasteiger partial charge in [0.05, 0.1) is 0 Å². The third kappa shape index (κ3) is 7.79. The number of carbonyl (C=O) groups excluding carboxylic acids is 1. The number of hydrogen-bond acceptors (Lipinski definition) is 5. The van der Waals surface area contributed by atoms with Crippen molar-refractivity contribution in [1.29, 1.82) is 0 Å². The summed E-state index contributed by atoms with van der Waals surface area (Å²) in [7, 11) is 0. The number of nitrogens with zero attached hydrogens (tertiary/aromatic N) is 3. The first-order chi connectivity index (χ1) is 15.7. The summed E-state index contributed by atoms with van der Waals surface area (Å²) in [5.41, 5.74) is 7.95. The molecule has 0 aliphatic carbocycles. The van der Waals surface area contributed by atoms with Crippen molar-refractivity contribution in [2.24, 2.45) is 10.7 Å². The summed E-state index contributed by atoms with van der Waals surface area (Å²) >= 11 is 6.24. The van der Waals surface area contributed by atoms with Crippen LogP contribution in [-0.2, 0) is 4.74 Å². The summed E-state index contributed by atoms with van der Waals surface area (Å²) in [4.78, 5) is 19.0. The van der Waals surface area contributed by atoms with Gasteiger partial charge < -0.3 is 15.4 Å². The van der Waals surface area contributed by atoms with E-state index in [2.05, 4.69) is 9.73 Å². The van der Waals surface area contributed by atoms with E-state index in [1.165, 1.54) is 0 Å². The summed E-state index contributed by atoms with van der Waals surface area (Å²) in [5, 5.41) is 0.437.